The summed E-state index contributed by atoms with van der Waals surface area (Å²) in [6.07, 6.45) is 3.09. The van der Waals surface area contributed by atoms with Gasteiger partial charge in [0.25, 0.3) is 0 Å². The van der Waals surface area contributed by atoms with E-state index in [4.69, 9.17) is 27.9 Å². The van der Waals surface area contributed by atoms with Crippen LogP contribution in [0.2, 0.25) is 6.04 Å². The number of hydrogen-bond donors (Lipinski definition) is 0. The number of unbranched alkanes of at least 4 members (excludes halogenated alkanes) is 1. The SMILES string of the molecule is C=CC(=O)OCCCC[SiH2]C(Cl)Cl. The summed E-state index contributed by atoms with van der Waals surface area (Å²) in [4.78, 5) is 10.6. The highest BCUT2D eigenvalue weighted by Gasteiger charge is 1.99. The van der Waals surface area contributed by atoms with Gasteiger partial charge in [-0.15, -0.1) is 23.2 Å². The third-order valence-corrected chi connectivity index (χ3v) is 4.13. The number of esters is 1. The topological polar surface area (TPSA) is 26.3 Å². The molecule has 0 N–H and O–H groups in total. The van der Waals surface area contributed by atoms with Gasteiger partial charge in [-0.1, -0.05) is 19.0 Å². The Bertz CT molecular complexity index is 162. The molecular formula is C8H14Cl2O2Si. The third-order valence-electron chi connectivity index (χ3n) is 1.48. The number of halogens is 2. The largest absolute Gasteiger partial charge is 0.463 e. The van der Waals surface area contributed by atoms with Crippen molar-refractivity contribution in [2.45, 2.75) is 23.3 Å². The molecule has 0 aliphatic carbocycles. The number of ether oxygens (including phenoxy) is 1. The van der Waals surface area contributed by atoms with Gasteiger partial charge in [0, 0.05) is 6.08 Å². The van der Waals surface area contributed by atoms with Crippen molar-refractivity contribution in [2.75, 3.05) is 6.61 Å². The van der Waals surface area contributed by atoms with Crippen molar-refractivity contribution in [2.24, 2.45) is 0 Å². The molecular weight excluding hydrogens is 227 g/mol. The predicted octanol–water partition coefficient (Wildman–Crippen LogP) is 1.84. The van der Waals surface area contributed by atoms with E-state index in [2.05, 4.69) is 6.58 Å². The molecule has 0 atom stereocenters. The Morgan fingerprint density at radius 3 is 2.77 bits per heavy atom. The highest BCUT2D eigenvalue weighted by molar-refractivity contribution is 6.68. The summed E-state index contributed by atoms with van der Waals surface area (Å²) in [6.45, 7) is 3.76. The number of rotatable bonds is 7. The van der Waals surface area contributed by atoms with Crippen LogP contribution < -0.4 is 0 Å². The molecule has 0 radical (unpaired) electrons. The standard InChI is InChI=1S/C8H14Cl2O2Si/c1-2-7(11)12-5-3-4-6-13-8(9)10/h2,8H,1,3-6,13H2. The van der Waals surface area contributed by atoms with Crippen LogP contribution in [0.4, 0.5) is 0 Å². The first-order valence-electron chi connectivity index (χ1n) is 4.24. The lowest BCUT2D eigenvalue weighted by Gasteiger charge is -2.01. The molecule has 0 aromatic heterocycles. The normalized spacial score (nSPS) is 11.0. The molecule has 0 fully saturated rings. The van der Waals surface area contributed by atoms with Crippen LogP contribution in [0.1, 0.15) is 12.8 Å². The van der Waals surface area contributed by atoms with E-state index < -0.39 is 0 Å². The molecule has 0 aromatic rings. The Hall–Kier alpha value is 0.00688. The molecule has 0 aliphatic heterocycles. The van der Waals surface area contributed by atoms with Crippen molar-refractivity contribution in [3.8, 4) is 0 Å². The van der Waals surface area contributed by atoms with Gasteiger partial charge in [0.15, 0.2) is 0 Å². The molecule has 0 amide bonds. The van der Waals surface area contributed by atoms with Crippen molar-refractivity contribution >= 4 is 38.7 Å². The van der Waals surface area contributed by atoms with Crippen molar-refractivity contribution in [1.82, 2.24) is 0 Å². The van der Waals surface area contributed by atoms with Gasteiger partial charge < -0.3 is 4.74 Å². The second-order valence-electron chi connectivity index (χ2n) is 2.61. The van der Waals surface area contributed by atoms with Crippen LogP contribution in [0.5, 0.6) is 0 Å². The maximum Gasteiger partial charge on any atom is 0.330 e. The first kappa shape index (κ1) is 13.0. The van der Waals surface area contributed by atoms with E-state index in [0.29, 0.717) is 6.61 Å². The maximum absolute atomic E-state index is 10.6. The quantitative estimate of drug-likeness (QED) is 0.223. The number of hydrogen-bond acceptors (Lipinski definition) is 2. The summed E-state index contributed by atoms with van der Waals surface area (Å²) in [6, 6.07) is 1.10. The van der Waals surface area contributed by atoms with Crippen LogP contribution in [0, 0.1) is 0 Å². The molecule has 0 saturated heterocycles. The van der Waals surface area contributed by atoms with E-state index >= 15 is 0 Å². The second kappa shape index (κ2) is 8.60. The Balaban J connectivity index is 3.08. The van der Waals surface area contributed by atoms with Gasteiger partial charge >= 0.3 is 5.97 Å². The molecule has 2 nitrogen and oxygen atoms in total. The second-order valence-corrected chi connectivity index (χ2v) is 7.03. The summed E-state index contributed by atoms with van der Waals surface area (Å²) < 4.78 is 4.65. The fourth-order valence-corrected chi connectivity index (χ4v) is 2.69. The first-order chi connectivity index (χ1) is 6.16. The van der Waals surface area contributed by atoms with E-state index in [9.17, 15) is 4.79 Å². The van der Waals surface area contributed by atoms with Crippen LogP contribution in [0.3, 0.4) is 0 Å². The van der Waals surface area contributed by atoms with E-state index in [0.717, 1.165) is 18.9 Å². The zero-order valence-electron chi connectivity index (χ0n) is 7.47. The predicted molar refractivity (Wildman–Crippen MR) is 59.2 cm³/mol. The summed E-state index contributed by atoms with van der Waals surface area (Å²) in [5, 5.41) is 0. The molecule has 0 unspecified atom stereocenters. The zero-order valence-corrected chi connectivity index (χ0v) is 10.4. The lowest BCUT2D eigenvalue weighted by atomic mass is 10.4. The van der Waals surface area contributed by atoms with Gasteiger partial charge in [-0.25, -0.2) is 4.79 Å². The molecule has 0 rings (SSSR count). The van der Waals surface area contributed by atoms with Gasteiger partial charge in [-0.05, 0) is 6.42 Å². The molecule has 76 valence electrons. The minimum atomic E-state index is -0.357. The van der Waals surface area contributed by atoms with Crippen LogP contribution in [-0.4, -0.2) is 26.6 Å². The number of alkyl halides is 2. The Morgan fingerprint density at radius 2 is 2.23 bits per heavy atom. The Labute approximate surface area is 91.1 Å². The minimum Gasteiger partial charge on any atom is -0.463 e. The highest BCUT2D eigenvalue weighted by Crippen LogP contribution is 2.04. The average Bonchev–Trinajstić information content (AvgIpc) is 2.10. The lowest BCUT2D eigenvalue weighted by molar-refractivity contribution is -0.137. The fraction of sp³-hybridized carbons (Fsp3) is 0.625. The number of carbonyl (C=O) groups is 1. The first-order valence-corrected chi connectivity index (χ1v) is 6.93. The third kappa shape index (κ3) is 9.92. The van der Waals surface area contributed by atoms with E-state index in [1.165, 1.54) is 6.08 Å². The molecule has 0 heterocycles. The summed E-state index contributed by atoms with van der Waals surface area (Å²) in [5.74, 6) is -0.357. The minimum absolute atomic E-state index is 0.143. The van der Waals surface area contributed by atoms with Crippen LogP contribution in [0.25, 0.3) is 0 Å². The Kier molecular flexibility index (Phi) is 8.60. The van der Waals surface area contributed by atoms with Gasteiger partial charge in [0.05, 0.1) is 20.6 Å². The molecule has 0 spiro atoms. The molecule has 0 aromatic carbocycles. The molecule has 13 heavy (non-hydrogen) atoms. The van der Waals surface area contributed by atoms with Crippen molar-refractivity contribution in [3.05, 3.63) is 12.7 Å². The fourth-order valence-electron chi connectivity index (χ4n) is 0.809. The lowest BCUT2D eigenvalue weighted by Crippen LogP contribution is -2.04. The summed E-state index contributed by atoms with van der Waals surface area (Å²) in [7, 11) is -0.336. The van der Waals surface area contributed by atoms with Crippen LogP contribution >= 0.6 is 23.2 Å². The van der Waals surface area contributed by atoms with Crippen LogP contribution in [0.15, 0.2) is 12.7 Å². The molecule has 5 heteroatoms. The van der Waals surface area contributed by atoms with E-state index in [1.54, 1.807) is 0 Å². The van der Waals surface area contributed by atoms with Gasteiger partial charge in [0.2, 0.25) is 0 Å². The van der Waals surface area contributed by atoms with Crippen molar-refractivity contribution < 1.29 is 9.53 Å². The van der Waals surface area contributed by atoms with Crippen molar-refractivity contribution in [1.29, 1.82) is 0 Å². The van der Waals surface area contributed by atoms with Gasteiger partial charge in [-0.2, -0.15) is 0 Å². The Morgan fingerprint density at radius 1 is 1.54 bits per heavy atom. The highest BCUT2D eigenvalue weighted by atomic mass is 35.5. The summed E-state index contributed by atoms with van der Waals surface area (Å²) in [5.41, 5.74) is 0. The van der Waals surface area contributed by atoms with Crippen LogP contribution in [-0.2, 0) is 9.53 Å². The smallest absolute Gasteiger partial charge is 0.330 e. The van der Waals surface area contributed by atoms with E-state index in [-0.39, 0.29) is 19.9 Å². The monoisotopic (exact) mass is 240 g/mol. The molecule has 0 saturated carbocycles. The molecule has 0 bridgehead atoms. The zero-order chi connectivity index (χ0) is 10.1. The van der Waals surface area contributed by atoms with Crippen molar-refractivity contribution in [3.63, 3.8) is 0 Å². The van der Waals surface area contributed by atoms with Gasteiger partial charge in [0.1, 0.15) is 0 Å². The van der Waals surface area contributed by atoms with E-state index in [1.807, 2.05) is 0 Å². The summed E-state index contributed by atoms with van der Waals surface area (Å²) >= 11 is 11.2. The average molecular weight is 241 g/mol. The number of carbonyl (C=O) groups excluding carboxylic acids is 1. The molecule has 0 aliphatic rings. The maximum atomic E-state index is 10.6. The van der Waals surface area contributed by atoms with Gasteiger partial charge in [-0.3, -0.25) is 0 Å².